The van der Waals surface area contributed by atoms with Crippen molar-refractivity contribution in [3.8, 4) is 0 Å². The standard InChI is InChI=1S/C10H17N3S/c1-6-5-9(8(3)14-6)7(2)13-10(11)12-4/h5,7H,1-4H3,(H3,11,12,13). The summed E-state index contributed by atoms with van der Waals surface area (Å²) in [6, 6.07) is 2.42. The molecule has 0 saturated carbocycles. The maximum atomic E-state index is 5.61. The lowest BCUT2D eigenvalue weighted by molar-refractivity contribution is 0.709. The Morgan fingerprint density at radius 3 is 2.64 bits per heavy atom. The molecule has 0 amide bonds. The van der Waals surface area contributed by atoms with Crippen LogP contribution in [0, 0.1) is 13.8 Å². The molecule has 4 heteroatoms. The van der Waals surface area contributed by atoms with Crippen LogP contribution in [-0.4, -0.2) is 13.0 Å². The summed E-state index contributed by atoms with van der Waals surface area (Å²) in [7, 11) is 1.68. The van der Waals surface area contributed by atoms with E-state index in [0.717, 1.165) is 0 Å². The van der Waals surface area contributed by atoms with Gasteiger partial charge in [-0.3, -0.25) is 4.99 Å². The van der Waals surface area contributed by atoms with Gasteiger partial charge in [0.15, 0.2) is 5.96 Å². The van der Waals surface area contributed by atoms with Crippen LogP contribution in [0.5, 0.6) is 0 Å². The van der Waals surface area contributed by atoms with E-state index >= 15 is 0 Å². The fourth-order valence-electron chi connectivity index (χ4n) is 1.44. The summed E-state index contributed by atoms with van der Waals surface area (Å²) in [4.78, 5) is 6.55. The summed E-state index contributed by atoms with van der Waals surface area (Å²) >= 11 is 1.81. The third-order valence-electron chi connectivity index (χ3n) is 2.15. The van der Waals surface area contributed by atoms with Gasteiger partial charge < -0.3 is 11.1 Å². The molecular weight excluding hydrogens is 194 g/mol. The normalized spacial score (nSPS) is 14.1. The summed E-state index contributed by atoms with van der Waals surface area (Å²) in [5.41, 5.74) is 6.92. The number of thiophene rings is 1. The molecule has 3 nitrogen and oxygen atoms in total. The van der Waals surface area contributed by atoms with Crippen LogP contribution < -0.4 is 11.1 Å². The number of aryl methyl sites for hydroxylation is 2. The van der Waals surface area contributed by atoms with Gasteiger partial charge in [-0.15, -0.1) is 11.3 Å². The summed E-state index contributed by atoms with van der Waals surface area (Å²) in [6.45, 7) is 6.34. The Labute approximate surface area is 89.0 Å². The smallest absolute Gasteiger partial charge is 0.188 e. The van der Waals surface area contributed by atoms with Crippen molar-refractivity contribution < 1.29 is 0 Å². The van der Waals surface area contributed by atoms with Crippen molar-refractivity contribution in [2.24, 2.45) is 10.7 Å². The molecule has 0 radical (unpaired) electrons. The molecule has 0 saturated heterocycles. The first-order valence-corrected chi connectivity index (χ1v) is 5.42. The van der Waals surface area contributed by atoms with Crippen molar-refractivity contribution >= 4 is 17.3 Å². The van der Waals surface area contributed by atoms with E-state index in [1.165, 1.54) is 15.3 Å². The van der Waals surface area contributed by atoms with Crippen LogP contribution in [0.3, 0.4) is 0 Å². The largest absolute Gasteiger partial charge is 0.370 e. The van der Waals surface area contributed by atoms with Crippen molar-refractivity contribution in [3.63, 3.8) is 0 Å². The molecule has 1 atom stereocenters. The Kier molecular flexibility index (Phi) is 3.52. The molecule has 1 rings (SSSR count). The zero-order valence-electron chi connectivity index (χ0n) is 9.09. The molecule has 0 fully saturated rings. The summed E-state index contributed by atoms with van der Waals surface area (Å²) in [5.74, 6) is 0.487. The van der Waals surface area contributed by atoms with Crippen LogP contribution in [0.25, 0.3) is 0 Å². The van der Waals surface area contributed by atoms with E-state index in [1.54, 1.807) is 7.05 Å². The number of nitrogens with two attached hydrogens (primary N) is 1. The Morgan fingerprint density at radius 1 is 1.57 bits per heavy atom. The van der Waals surface area contributed by atoms with Crippen LogP contribution in [0.1, 0.15) is 28.3 Å². The molecule has 0 bridgehead atoms. The van der Waals surface area contributed by atoms with E-state index in [1.807, 2.05) is 11.3 Å². The fraction of sp³-hybridized carbons (Fsp3) is 0.500. The van der Waals surface area contributed by atoms with E-state index < -0.39 is 0 Å². The van der Waals surface area contributed by atoms with Crippen LogP contribution in [0.4, 0.5) is 0 Å². The lowest BCUT2D eigenvalue weighted by Crippen LogP contribution is -2.33. The van der Waals surface area contributed by atoms with Gasteiger partial charge in [-0.25, -0.2) is 0 Å². The van der Waals surface area contributed by atoms with E-state index in [-0.39, 0.29) is 6.04 Å². The number of hydrogen-bond donors (Lipinski definition) is 2. The van der Waals surface area contributed by atoms with E-state index in [9.17, 15) is 0 Å². The predicted octanol–water partition coefficient (Wildman–Crippen LogP) is 1.96. The second-order valence-electron chi connectivity index (χ2n) is 3.34. The SMILES string of the molecule is CN=C(N)NC(C)c1cc(C)sc1C. The molecule has 1 aromatic heterocycles. The van der Waals surface area contributed by atoms with Gasteiger partial charge in [0.1, 0.15) is 0 Å². The zero-order chi connectivity index (χ0) is 10.7. The van der Waals surface area contributed by atoms with Gasteiger partial charge in [0, 0.05) is 16.8 Å². The predicted molar refractivity (Wildman–Crippen MR) is 62.9 cm³/mol. The molecule has 1 heterocycles. The van der Waals surface area contributed by atoms with Crippen LogP contribution in [0.2, 0.25) is 0 Å². The van der Waals surface area contributed by atoms with Crippen molar-refractivity contribution in [1.29, 1.82) is 0 Å². The van der Waals surface area contributed by atoms with Crippen molar-refractivity contribution in [2.75, 3.05) is 7.05 Å². The lowest BCUT2D eigenvalue weighted by atomic mass is 10.1. The first-order chi connectivity index (χ1) is 6.54. The van der Waals surface area contributed by atoms with Crippen molar-refractivity contribution in [2.45, 2.75) is 26.8 Å². The molecular formula is C10H17N3S. The van der Waals surface area contributed by atoms with Crippen molar-refractivity contribution in [3.05, 3.63) is 21.4 Å². The van der Waals surface area contributed by atoms with Gasteiger partial charge in [-0.05, 0) is 32.4 Å². The highest BCUT2D eigenvalue weighted by molar-refractivity contribution is 7.12. The number of nitrogens with zero attached hydrogens (tertiary/aromatic N) is 1. The number of hydrogen-bond acceptors (Lipinski definition) is 2. The Hall–Kier alpha value is -1.03. The molecule has 0 aliphatic carbocycles. The molecule has 78 valence electrons. The minimum Gasteiger partial charge on any atom is -0.370 e. The quantitative estimate of drug-likeness (QED) is 0.580. The minimum absolute atomic E-state index is 0.226. The molecule has 3 N–H and O–H groups in total. The zero-order valence-corrected chi connectivity index (χ0v) is 9.90. The maximum Gasteiger partial charge on any atom is 0.188 e. The van der Waals surface area contributed by atoms with E-state index in [4.69, 9.17) is 5.73 Å². The Morgan fingerprint density at radius 2 is 2.21 bits per heavy atom. The molecule has 0 aliphatic heterocycles. The third-order valence-corrected chi connectivity index (χ3v) is 3.13. The molecule has 1 unspecified atom stereocenters. The summed E-state index contributed by atoms with van der Waals surface area (Å²) < 4.78 is 0. The summed E-state index contributed by atoms with van der Waals surface area (Å²) in [5, 5.41) is 3.13. The van der Waals surface area contributed by atoms with Crippen LogP contribution >= 0.6 is 11.3 Å². The second kappa shape index (κ2) is 4.46. The first kappa shape index (κ1) is 11.0. The molecule has 1 aromatic rings. The van der Waals surface area contributed by atoms with Gasteiger partial charge >= 0.3 is 0 Å². The minimum atomic E-state index is 0.226. The lowest BCUT2D eigenvalue weighted by Gasteiger charge is -2.13. The molecule has 0 spiro atoms. The third kappa shape index (κ3) is 2.48. The highest BCUT2D eigenvalue weighted by Gasteiger charge is 2.10. The number of nitrogens with one attached hydrogen (secondary N) is 1. The van der Waals surface area contributed by atoms with Crippen LogP contribution in [0.15, 0.2) is 11.1 Å². The van der Waals surface area contributed by atoms with Gasteiger partial charge in [0.05, 0.1) is 6.04 Å². The van der Waals surface area contributed by atoms with Crippen molar-refractivity contribution in [1.82, 2.24) is 5.32 Å². The first-order valence-electron chi connectivity index (χ1n) is 4.60. The molecule has 0 aliphatic rings. The van der Waals surface area contributed by atoms with Gasteiger partial charge in [-0.2, -0.15) is 0 Å². The van der Waals surface area contributed by atoms with Gasteiger partial charge in [0.2, 0.25) is 0 Å². The average molecular weight is 211 g/mol. The Balaban J connectivity index is 2.79. The number of aliphatic imine (C=N–C) groups is 1. The van der Waals surface area contributed by atoms with Gasteiger partial charge in [0.25, 0.3) is 0 Å². The second-order valence-corrected chi connectivity index (χ2v) is 4.80. The fourth-order valence-corrected chi connectivity index (χ4v) is 2.47. The number of guanidine groups is 1. The number of rotatable bonds is 2. The average Bonchev–Trinajstić information content (AvgIpc) is 2.45. The van der Waals surface area contributed by atoms with E-state index in [0.29, 0.717) is 5.96 Å². The van der Waals surface area contributed by atoms with E-state index in [2.05, 4.69) is 37.1 Å². The topological polar surface area (TPSA) is 50.4 Å². The summed E-state index contributed by atoms with van der Waals surface area (Å²) in [6.07, 6.45) is 0. The van der Waals surface area contributed by atoms with Crippen LogP contribution in [-0.2, 0) is 0 Å². The van der Waals surface area contributed by atoms with Gasteiger partial charge in [-0.1, -0.05) is 0 Å². The highest BCUT2D eigenvalue weighted by atomic mass is 32.1. The molecule has 0 aromatic carbocycles. The monoisotopic (exact) mass is 211 g/mol. The Bertz CT molecular complexity index is 341. The highest BCUT2D eigenvalue weighted by Crippen LogP contribution is 2.25. The maximum absolute atomic E-state index is 5.61. The molecule has 14 heavy (non-hydrogen) atoms.